The lowest BCUT2D eigenvalue weighted by molar-refractivity contribution is -0.113. The van der Waals surface area contributed by atoms with Gasteiger partial charge in [0.2, 0.25) is 5.91 Å². The predicted octanol–water partition coefficient (Wildman–Crippen LogP) is 4.18. The first kappa shape index (κ1) is 24.4. The zero-order chi connectivity index (χ0) is 24.0. The molecule has 3 rings (SSSR count). The first-order valence-corrected chi connectivity index (χ1v) is 11.3. The van der Waals surface area contributed by atoms with Crippen LogP contribution in [0.3, 0.4) is 0 Å². The van der Waals surface area contributed by atoms with Crippen LogP contribution in [0, 0.1) is 6.92 Å². The van der Waals surface area contributed by atoms with Crippen LogP contribution in [-0.2, 0) is 18.4 Å². The molecule has 0 atom stereocenters. The molecule has 0 radical (unpaired) electrons. The second-order valence-electron chi connectivity index (χ2n) is 6.97. The van der Waals surface area contributed by atoms with Gasteiger partial charge in [-0.05, 0) is 49.7 Å². The van der Waals surface area contributed by atoms with E-state index in [1.807, 2.05) is 32.0 Å². The lowest BCUT2D eigenvalue weighted by atomic mass is 10.2. The summed E-state index contributed by atoms with van der Waals surface area (Å²) < 4.78 is 13.2. The highest BCUT2D eigenvalue weighted by molar-refractivity contribution is 7.99. The molecular formula is C22H23ClN4O5S. The van der Waals surface area contributed by atoms with Crippen molar-refractivity contribution >= 4 is 40.9 Å². The standard InChI is InChI=1S/C22H23ClN4O5S/c1-4-31-18-9-13(2)5-8-17(18)32-11-19-25-26-22(27(19)3)33-12-20(28)24-16-10-14(21(29)30)6-7-15(16)23/h5-10H,4,11-12H2,1-3H3,(H,24,28)(H,29,30). The van der Waals surface area contributed by atoms with Crippen LogP contribution >= 0.6 is 23.4 Å². The first-order chi connectivity index (χ1) is 15.8. The van der Waals surface area contributed by atoms with Crippen molar-refractivity contribution in [1.29, 1.82) is 0 Å². The number of hydrogen-bond acceptors (Lipinski definition) is 7. The molecule has 9 nitrogen and oxygen atoms in total. The molecule has 33 heavy (non-hydrogen) atoms. The van der Waals surface area contributed by atoms with E-state index in [-0.39, 0.29) is 34.5 Å². The van der Waals surface area contributed by atoms with Crippen molar-refractivity contribution < 1.29 is 24.2 Å². The number of amides is 1. The van der Waals surface area contributed by atoms with E-state index < -0.39 is 5.97 Å². The van der Waals surface area contributed by atoms with Crippen LogP contribution in [0.1, 0.15) is 28.7 Å². The van der Waals surface area contributed by atoms with Gasteiger partial charge in [0.05, 0.1) is 28.6 Å². The van der Waals surface area contributed by atoms with E-state index in [0.29, 0.717) is 29.1 Å². The molecule has 3 aromatic rings. The third kappa shape index (κ3) is 6.39. The monoisotopic (exact) mass is 490 g/mol. The number of nitrogens with zero attached hydrogens (tertiary/aromatic N) is 3. The number of anilines is 1. The van der Waals surface area contributed by atoms with Crippen molar-refractivity contribution in [2.75, 3.05) is 17.7 Å². The highest BCUT2D eigenvalue weighted by Gasteiger charge is 2.15. The van der Waals surface area contributed by atoms with Crippen LogP contribution in [0.5, 0.6) is 11.5 Å². The predicted molar refractivity (Wildman–Crippen MR) is 125 cm³/mol. The number of thioether (sulfide) groups is 1. The van der Waals surface area contributed by atoms with Gasteiger partial charge in [0.15, 0.2) is 22.5 Å². The fourth-order valence-corrected chi connectivity index (χ4v) is 3.71. The number of aromatic carboxylic acids is 1. The normalized spacial score (nSPS) is 10.7. The Balaban J connectivity index is 1.59. The molecule has 0 unspecified atom stereocenters. The van der Waals surface area contributed by atoms with Gasteiger partial charge >= 0.3 is 5.97 Å². The highest BCUT2D eigenvalue weighted by Crippen LogP contribution is 2.29. The maximum absolute atomic E-state index is 12.3. The average molecular weight is 491 g/mol. The number of carboxylic acids is 1. The number of nitrogens with one attached hydrogen (secondary N) is 1. The van der Waals surface area contributed by atoms with Gasteiger partial charge in [-0.2, -0.15) is 0 Å². The minimum atomic E-state index is -1.11. The summed E-state index contributed by atoms with van der Waals surface area (Å²) in [6.07, 6.45) is 0. The molecule has 0 bridgehead atoms. The van der Waals surface area contributed by atoms with Crippen molar-refractivity contribution in [3.63, 3.8) is 0 Å². The number of halogens is 1. The van der Waals surface area contributed by atoms with Crippen molar-refractivity contribution in [2.45, 2.75) is 25.6 Å². The summed E-state index contributed by atoms with van der Waals surface area (Å²) in [5.74, 6) is 0.428. The van der Waals surface area contributed by atoms with Gasteiger partial charge in [0.25, 0.3) is 0 Å². The van der Waals surface area contributed by atoms with Crippen LogP contribution in [0.2, 0.25) is 5.02 Å². The lowest BCUT2D eigenvalue weighted by Gasteiger charge is -2.12. The number of carbonyl (C=O) groups excluding carboxylic acids is 1. The Morgan fingerprint density at radius 2 is 1.94 bits per heavy atom. The smallest absolute Gasteiger partial charge is 0.335 e. The Bertz CT molecular complexity index is 1170. The third-order valence-electron chi connectivity index (χ3n) is 4.50. The summed E-state index contributed by atoms with van der Waals surface area (Å²) in [7, 11) is 1.78. The summed E-state index contributed by atoms with van der Waals surface area (Å²) >= 11 is 7.24. The molecule has 2 aromatic carbocycles. The average Bonchev–Trinajstić information content (AvgIpc) is 3.12. The fourth-order valence-electron chi connectivity index (χ4n) is 2.81. The number of benzene rings is 2. The third-order valence-corrected chi connectivity index (χ3v) is 5.85. The molecular weight excluding hydrogens is 468 g/mol. The van der Waals surface area contributed by atoms with E-state index in [1.165, 1.54) is 30.0 Å². The first-order valence-electron chi connectivity index (χ1n) is 9.98. The molecule has 0 saturated carbocycles. The molecule has 0 aliphatic rings. The van der Waals surface area contributed by atoms with E-state index in [0.717, 1.165) is 5.56 Å². The van der Waals surface area contributed by atoms with E-state index in [2.05, 4.69) is 15.5 Å². The van der Waals surface area contributed by atoms with Crippen LogP contribution in [0.25, 0.3) is 0 Å². The Morgan fingerprint density at radius 3 is 2.67 bits per heavy atom. The number of aromatic nitrogens is 3. The van der Waals surface area contributed by atoms with Crippen molar-refractivity contribution in [2.24, 2.45) is 7.05 Å². The summed E-state index contributed by atoms with van der Waals surface area (Å²) in [6, 6.07) is 9.80. The Hall–Kier alpha value is -3.24. The topological polar surface area (TPSA) is 116 Å². The summed E-state index contributed by atoms with van der Waals surface area (Å²) in [6.45, 7) is 4.59. The summed E-state index contributed by atoms with van der Waals surface area (Å²) in [4.78, 5) is 23.5. The van der Waals surface area contributed by atoms with Gasteiger partial charge in [0, 0.05) is 7.05 Å². The second kappa shape index (κ2) is 11.1. The molecule has 2 N–H and O–H groups in total. The summed E-state index contributed by atoms with van der Waals surface area (Å²) in [5.41, 5.74) is 1.33. The van der Waals surface area contributed by atoms with Gasteiger partial charge in [0.1, 0.15) is 6.61 Å². The largest absolute Gasteiger partial charge is 0.490 e. The second-order valence-corrected chi connectivity index (χ2v) is 8.32. The SMILES string of the molecule is CCOc1cc(C)ccc1OCc1nnc(SCC(=O)Nc2cc(C(=O)O)ccc2Cl)n1C. The Kier molecular flexibility index (Phi) is 8.18. The molecule has 11 heteroatoms. The molecule has 1 aromatic heterocycles. The van der Waals surface area contributed by atoms with Crippen molar-refractivity contribution in [3.05, 3.63) is 58.4 Å². The van der Waals surface area contributed by atoms with E-state index in [4.69, 9.17) is 26.2 Å². The number of ether oxygens (including phenoxy) is 2. The molecule has 0 fully saturated rings. The zero-order valence-corrected chi connectivity index (χ0v) is 19.9. The van der Waals surface area contributed by atoms with Gasteiger partial charge in [-0.25, -0.2) is 4.79 Å². The molecule has 1 heterocycles. The van der Waals surface area contributed by atoms with E-state index in [9.17, 15) is 9.59 Å². The Labute approximate surface area is 200 Å². The number of carboxylic acid groups (broad SMARTS) is 1. The van der Waals surface area contributed by atoms with Crippen LogP contribution in [0.4, 0.5) is 5.69 Å². The molecule has 0 saturated heterocycles. The molecule has 0 aliphatic heterocycles. The highest BCUT2D eigenvalue weighted by atomic mass is 35.5. The molecule has 0 aliphatic carbocycles. The Morgan fingerprint density at radius 1 is 1.15 bits per heavy atom. The number of aryl methyl sites for hydroxylation is 1. The van der Waals surface area contributed by atoms with Gasteiger partial charge < -0.3 is 24.5 Å². The maximum atomic E-state index is 12.3. The van der Waals surface area contributed by atoms with Crippen LogP contribution < -0.4 is 14.8 Å². The maximum Gasteiger partial charge on any atom is 0.335 e. The minimum absolute atomic E-state index is 0.0290. The van der Waals surface area contributed by atoms with Crippen molar-refractivity contribution in [3.8, 4) is 11.5 Å². The van der Waals surface area contributed by atoms with Gasteiger partial charge in [-0.15, -0.1) is 10.2 Å². The van der Waals surface area contributed by atoms with Gasteiger partial charge in [-0.1, -0.05) is 29.4 Å². The number of carbonyl (C=O) groups is 2. The van der Waals surface area contributed by atoms with E-state index in [1.54, 1.807) is 11.6 Å². The molecule has 1 amide bonds. The zero-order valence-electron chi connectivity index (χ0n) is 18.3. The number of hydrogen-bond donors (Lipinski definition) is 2. The molecule has 174 valence electrons. The van der Waals surface area contributed by atoms with Crippen LogP contribution in [-0.4, -0.2) is 44.1 Å². The minimum Gasteiger partial charge on any atom is -0.490 e. The lowest BCUT2D eigenvalue weighted by Crippen LogP contribution is -2.15. The quantitative estimate of drug-likeness (QED) is 0.406. The summed E-state index contributed by atoms with van der Waals surface area (Å²) in [5, 5.41) is 20.7. The van der Waals surface area contributed by atoms with Crippen LogP contribution in [0.15, 0.2) is 41.6 Å². The fraction of sp³-hybridized carbons (Fsp3) is 0.273. The van der Waals surface area contributed by atoms with Gasteiger partial charge in [-0.3, -0.25) is 4.79 Å². The van der Waals surface area contributed by atoms with Crippen molar-refractivity contribution in [1.82, 2.24) is 14.8 Å². The van der Waals surface area contributed by atoms with E-state index >= 15 is 0 Å². The molecule has 0 spiro atoms. The number of rotatable bonds is 10.